The number of hydrogen-bond donors (Lipinski definition) is 0. The van der Waals surface area contributed by atoms with Crippen LogP contribution in [0.1, 0.15) is 41.9 Å². The minimum absolute atomic E-state index is 0.0376. The molecule has 0 spiro atoms. The molecule has 3 rings (SSSR count). The van der Waals surface area contributed by atoms with Crippen LogP contribution in [0.5, 0.6) is 0 Å². The van der Waals surface area contributed by atoms with Gasteiger partial charge in [-0.15, -0.1) is 9.24 Å². The Morgan fingerprint density at radius 2 is 2.07 bits per heavy atom. The second-order valence-corrected chi connectivity index (χ2v) is 10.5. The molecule has 1 saturated heterocycles. The molecule has 6 heteroatoms. The van der Waals surface area contributed by atoms with E-state index in [-0.39, 0.29) is 17.1 Å². The van der Waals surface area contributed by atoms with Gasteiger partial charge in [-0.25, -0.2) is 0 Å². The molecule has 30 heavy (non-hydrogen) atoms. The Hall–Kier alpha value is -1.53. The summed E-state index contributed by atoms with van der Waals surface area (Å²) in [7, 11) is 2.71. The van der Waals surface area contributed by atoms with Crippen molar-refractivity contribution in [1.82, 2.24) is 4.90 Å². The maximum atomic E-state index is 13.4. The summed E-state index contributed by atoms with van der Waals surface area (Å²) >= 11 is 7.86. The van der Waals surface area contributed by atoms with Gasteiger partial charge in [0.2, 0.25) is 5.91 Å². The van der Waals surface area contributed by atoms with E-state index in [9.17, 15) is 10.1 Å². The van der Waals surface area contributed by atoms with Gasteiger partial charge in [-0.05, 0) is 42.0 Å². The largest absolute Gasteiger partial charge is 0.341 e. The number of aryl methyl sites for hydroxylation is 1. The Morgan fingerprint density at radius 1 is 1.33 bits per heavy atom. The van der Waals surface area contributed by atoms with Crippen molar-refractivity contribution < 1.29 is 4.79 Å². The second-order valence-electron chi connectivity index (χ2n) is 7.88. The zero-order valence-electron chi connectivity index (χ0n) is 17.4. The number of likely N-dealkylation sites (tertiary alicyclic amines) is 1. The van der Waals surface area contributed by atoms with E-state index in [2.05, 4.69) is 40.4 Å². The molecule has 5 atom stereocenters. The minimum Gasteiger partial charge on any atom is -0.341 e. The second kappa shape index (κ2) is 10.7. The molecule has 0 aromatic heterocycles. The Labute approximate surface area is 191 Å². The molecule has 0 N–H and O–H groups in total. The van der Waals surface area contributed by atoms with E-state index in [1.54, 1.807) is 11.8 Å². The molecule has 1 amide bonds. The van der Waals surface area contributed by atoms with Crippen molar-refractivity contribution in [2.75, 3.05) is 18.6 Å². The number of benzene rings is 2. The number of amides is 1. The van der Waals surface area contributed by atoms with Crippen LogP contribution in [-0.2, 0) is 4.79 Å². The Morgan fingerprint density at radius 3 is 2.70 bits per heavy atom. The monoisotopic (exact) mass is 458 g/mol. The third kappa shape index (κ3) is 5.20. The van der Waals surface area contributed by atoms with E-state index in [0.29, 0.717) is 19.0 Å². The van der Waals surface area contributed by atoms with E-state index in [1.165, 1.54) is 5.56 Å². The molecule has 3 nitrogen and oxygen atoms in total. The van der Waals surface area contributed by atoms with Gasteiger partial charge in [0.05, 0.1) is 6.07 Å². The van der Waals surface area contributed by atoms with Gasteiger partial charge in [0.15, 0.2) is 0 Å². The van der Waals surface area contributed by atoms with Gasteiger partial charge < -0.3 is 4.90 Å². The molecule has 0 bridgehead atoms. The van der Waals surface area contributed by atoms with Gasteiger partial charge in [0.1, 0.15) is 5.92 Å². The van der Waals surface area contributed by atoms with Gasteiger partial charge in [-0.3, -0.25) is 4.79 Å². The maximum Gasteiger partial charge on any atom is 0.241 e. The number of halogens is 1. The molecule has 5 unspecified atom stereocenters. The van der Waals surface area contributed by atoms with E-state index < -0.39 is 5.92 Å². The Bertz CT molecular complexity index is 917. The van der Waals surface area contributed by atoms with Crippen LogP contribution in [0.4, 0.5) is 0 Å². The van der Waals surface area contributed by atoms with Crippen molar-refractivity contribution in [3.63, 3.8) is 0 Å². The topological polar surface area (TPSA) is 44.1 Å². The lowest BCUT2D eigenvalue weighted by Gasteiger charge is -2.30. The first-order valence-corrected chi connectivity index (χ1v) is 12.5. The summed E-state index contributed by atoms with van der Waals surface area (Å²) < 4.78 is 0. The molecule has 2 aromatic rings. The summed E-state index contributed by atoms with van der Waals surface area (Å²) in [6.45, 7) is 5.49. The van der Waals surface area contributed by atoms with Gasteiger partial charge in [0, 0.05) is 34.8 Å². The fraction of sp³-hybridized carbons (Fsp3) is 0.417. The average Bonchev–Trinajstić information content (AvgIpc) is 3.26. The van der Waals surface area contributed by atoms with Crippen LogP contribution in [0, 0.1) is 24.2 Å². The molecule has 1 heterocycles. The predicted molar refractivity (Wildman–Crippen MR) is 130 cm³/mol. The number of rotatable bonds is 7. The molecular weight excluding hydrogens is 431 g/mol. The summed E-state index contributed by atoms with van der Waals surface area (Å²) in [5.74, 6) is -0.299. The van der Waals surface area contributed by atoms with Gasteiger partial charge in [-0.2, -0.15) is 17.0 Å². The molecular formula is C24H28ClN2OPS. The fourth-order valence-electron chi connectivity index (χ4n) is 4.20. The van der Waals surface area contributed by atoms with Crippen LogP contribution in [0.15, 0.2) is 48.5 Å². The van der Waals surface area contributed by atoms with Crippen molar-refractivity contribution in [1.29, 1.82) is 5.26 Å². The zero-order chi connectivity index (χ0) is 21.7. The Kier molecular flexibility index (Phi) is 8.23. The smallest absolute Gasteiger partial charge is 0.241 e. The third-order valence-corrected chi connectivity index (χ3v) is 8.25. The number of hydrogen-bond acceptors (Lipinski definition) is 3. The molecule has 158 valence electrons. The van der Waals surface area contributed by atoms with Crippen molar-refractivity contribution in [3.05, 3.63) is 70.2 Å². The highest BCUT2D eigenvalue weighted by atomic mass is 35.5. The van der Waals surface area contributed by atoms with Crippen molar-refractivity contribution in [2.24, 2.45) is 5.92 Å². The van der Waals surface area contributed by atoms with Crippen LogP contribution < -0.4 is 0 Å². The minimum atomic E-state index is -0.670. The standard InChI is InChI=1S/C24H28ClN2OPS/c1-16-12-19(8-9-22(16)25)17(2)23(30-15-29)21(13-26)24(28)27-11-10-20(14-27)18-6-4-3-5-7-18/h3-9,12,17,20-21,23H,10-11,14-15,29H2,1-2H3. The Balaban J connectivity index is 1.78. The molecule has 1 aliphatic heterocycles. The number of nitrogens with zero attached hydrogens (tertiary/aromatic N) is 2. The van der Waals surface area contributed by atoms with Crippen LogP contribution in [-0.4, -0.2) is 34.6 Å². The molecule has 0 radical (unpaired) electrons. The fourth-order valence-corrected chi connectivity index (χ4v) is 6.03. The van der Waals surface area contributed by atoms with Gasteiger partial charge in [0.25, 0.3) is 0 Å². The lowest BCUT2D eigenvalue weighted by Crippen LogP contribution is -2.40. The number of carbonyl (C=O) groups excluding carboxylic acids is 1. The summed E-state index contributed by atoms with van der Waals surface area (Å²) in [4.78, 5) is 15.3. The predicted octanol–water partition coefficient (Wildman–Crippen LogP) is 5.84. The van der Waals surface area contributed by atoms with Crippen LogP contribution >= 0.6 is 32.6 Å². The quantitative estimate of drug-likeness (QED) is 0.489. The SMILES string of the molecule is Cc1cc(C(C)C(SCP)C(C#N)C(=O)N2CCC(c3ccccc3)C2)ccc1Cl. The highest BCUT2D eigenvalue weighted by molar-refractivity contribution is 8.03. The van der Waals surface area contributed by atoms with Crippen LogP contribution in [0.2, 0.25) is 5.02 Å². The van der Waals surface area contributed by atoms with Crippen molar-refractivity contribution in [2.45, 2.75) is 37.4 Å². The first-order valence-electron chi connectivity index (χ1n) is 10.3. The van der Waals surface area contributed by atoms with Crippen LogP contribution in [0.25, 0.3) is 0 Å². The van der Waals surface area contributed by atoms with E-state index in [1.807, 2.05) is 42.2 Å². The first-order chi connectivity index (χ1) is 14.5. The van der Waals surface area contributed by atoms with E-state index in [0.717, 1.165) is 28.1 Å². The highest BCUT2D eigenvalue weighted by Crippen LogP contribution is 2.37. The average molecular weight is 459 g/mol. The first kappa shape index (κ1) is 23.1. The van der Waals surface area contributed by atoms with Crippen molar-refractivity contribution >= 4 is 38.5 Å². The molecule has 0 saturated carbocycles. The zero-order valence-corrected chi connectivity index (χ0v) is 20.1. The molecule has 1 aliphatic rings. The lowest BCUT2D eigenvalue weighted by atomic mass is 9.88. The summed E-state index contributed by atoms with van der Waals surface area (Å²) in [5.41, 5.74) is 4.17. The normalized spacial score (nSPS) is 19.2. The molecule has 0 aliphatic carbocycles. The highest BCUT2D eigenvalue weighted by Gasteiger charge is 2.38. The summed E-state index contributed by atoms with van der Waals surface area (Å²) in [6, 6.07) is 18.7. The molecule has 2 aromatic carbocycles. The third-order valence-electron chi connectivity index (χ3n) is 5.99. The number of nitriles is 1. The summed E-state index contributed by atoms with van der Waals surface area (Å²) in [5, 5.41) is 10.6. The number of carbonyl (C=O) groups is 1. The van der Waals surface area contributed by atoms with Gasteiger partial charge >= 0.3 is 0 Å². The molecule has 1 fully saturated rings. The lowest BCUT2D eigenvalue weighted by molar-refractivity contribution is -0.132. The van der Waals surface area contributed by atoms with Crippen LogP contribution in [0.3, 0.4) is 0 Å². The van der Waals surface area contributed by atoms with E-state index >= 15 is 0 Å². The maximum absolute atomic E-state index is 13.4. The number of thioether (sulfide) groups is 1. The summed E-state index contributed by atoms with van der Waals surface area (Å²) in [6.07, 6.45) is 0.946. The van der Waals surface area contributed by atoms with E-state index in [4.69, 9.17) is 11.6 Å². The van der Waals surface area contributed by atoms with Crippen molar-refractivity contribution in [3.8, 4) is 6.07 Å². The van der Waals surface area contributed by atoms with Gasteiger partial charge in [-0.1, -0.05) is 61.0 Å².